The lowest BCUT2D eigenvalue weighted by atomic mass is 10.3. The van der Waals surface area contributed by atoms with E-state index in [1.165, 1.54) is 21.6 Å². The van der Waals surface area contributed by atoms with Gasteiger partial charge >= 0.3 is 12.0 Å². The van der Waals surface area contributed by atoms with Crippen LogP contribution in [0.15, 0.2) is 0 Å². The Morgan fingerprint density at radius 2 is 2.11 bits per heavy atom. The van der Waals surface area contributed by atoms with Gasteiger partial charge in [0.05, 0.1) is 5.88 Å². The van der Waals surface area contributed by atoms with Gasteiger partial charge in [-0.3, -0.25) is 4.79 Å². The lowest BCUT2D eigenvalue weighted by Crippen LogP contribution is -2.47. The third-order valence-corrected chi connectivity index (χ3v) is 3.55. The van der Waals surface area contributed by atoms with Crippen molar-refractivity contribution >= 4 is 29.7 Å². The molecule has 2 N–H and O–H groups in total. The number of nitrogens with zero attached hydrogens (tertiary/aromatic N) is 2. The Hall–Kier alpha value is -1.44. The van der Waals surface area contributed by atoms with Gasteiger partial charge in [0.2, 0.25) is 5.91 Å². The maximum absolute atomic E-state index is 11.7. The zero-order valence-corrected chi connectivity index (χ0v) is 11.2. The van der Waals surface area contributed by atoms with Crippen molar-refractivity contribution in [2.45, 2.75) is 12.5 Å². The van der Waals surface area contributed by atoms with Crippen LogP contribution in [-0.2, 0) is 9.59 Å². The number of carboxylic acids is 1. The third-order valence-electron chi connectivity index (χ3n) is 2.54. The molecule has 0 bridgehead atoms. The molecular formula is C10H17N3O4S. The van der Waals surface area contributed by atoms with Crippen LogP contribution < -0.4 is 5.32 Å². The van der Waals surface area contributed by atoms with E-state index < -0.39 is 18.0 Å². The molecule has 1 saturated heterocycles. The summed E-state index contributed by atoms with van der Waals surface area (Å²) in [5.41, 5.74) is 0. The van der Waals surface area contributed by atoms with Crippen LogP contribution in [0, 0.1) is 0 Å². The summed E-state index contributed by atoms with van der Waals surface area (Å²) >= 11 is 1.40. The van der Waals surface area contributed by atoms with Gasteiger partial charge < -0.3 is 20.2 Å². The van der Waals surface area contributed by atoms with Gasteiger partial charge in [0.15, 0.2) is 0 Å². The highest BCUT2D eigenvalue weighted by Gasteiger charge is 2.34. The molecule has 0 aliphatic carbocycles. The zero-order valence-electron chi connectivity index (χ0n) is 10.4. The fourth-order valence-corrected chi connectivity index (χ4v) is 2.59. The number of nitrogens with one attached hydrogen (secondary N) is 1. The Morgan fingerprint density at radius 1 is 1.44 bits per heavy atom. The highest BCUT2D eigenvalue weighted by atomic mass is 32.2. The lowest BCUT2D eigenvalue weighted by Gasteiger charge is -2.21. The minimum absolute atomic E-state index is 0.0825. The first-order chi connectivity index (χ1) is 8.43. The van der Waals surface area contributed by atoms with Crippen LogP contribution in [0.4, 0.5) is 4.79 Å². The van der Waals surface area contributed by atoms with Crippen LogP contribution in [0.25, 0.3) is 0 Å². The largest absolute Gasteiger partial charge is 0.480 e. The highest BCUT2D eigenvalue weighted by Crippen LogP contribution is 2.20. The molecule has 1 rings (SSSR count). The van der Waals surface area contributed by atoms with Crippen molar-refractivity contribution in [1.82, 2.24) is 15.1 Å². The van der Waals surface area contributed by atoms with E-state index in [0.29, 0.717) is 11.6 Å². The summed E-state index contributed by atoms with van der Waals surface area (Å²) in [4.78, 5) is 36.6. The van der Waals surface area contributed by atoms with Crippen molar-refractivity contribution < 1.29 is 19.5 Å². The number of carboxylic acid groups (broad SMARTS) is 1. The molecule has 1 heterocycles. The fraction of sp³-hybridized carbons (Fsp3) is 0.700. The number of carbonyl (C=O) groups is 3. The van der Waals surface area contributed by atoms with E-state index in [2.05, 4.69) is 5.32 Å². The molecule has 0 saturated carbocycles. The number of urea groups is 1. The molecule has 3 amide bonds. The molecule has 1 fully saturated rings. The van der Waals surface area contributed by atoms with E-state index in [9.17, 15) is 14.4 Å². The van der Waals surface area contributed by atoms with E-state index in [1.54, 1.807) is 14.1 Å². The second-order valence-corrected chi connectivity index (χ2v) is 5.09. The molecule has 1 aliphatic heterocycles. The van der Waals surface area contributed by atoms with Crippen LogP contribution in [0.5, 0.6) is 0 Å². The predicted octanol–water partition coefficient (Wildman–Crippen LogP) is -0.366. The minimum atomic E-state index is -1.00. The van der Waals surface area contributed by atoms with Gasteiger partial charge in [0, 0.05) is 32.8 Å². The monoisotopic (exact) mass is 275 g/mol. The number of thioether (sulfide) groups is 1. The van der Waals surface area contributed by atoms with Gasteiger partial charge in [-0.2, -0.15) is 0 Å². The summed E-state index contributed by atoms with van der Waals surface area (Å²) in [5, 5.41) is 11.5. The van der Waals surface area contributed by atoms with Gasteiger partial charge in [-0.15, -0.1) is 11.8 Å². The van der Waals surface area contributed by atoms with Crippen LogP contribution in [0.3, 0.4) is 0 Å². The molecule has 102 valence electrons. The van der Waals surface area contributed by atoms with Crippen molar-refractivity contribution in [2.24, 2.45) is 0 Å². The molecule has 0 spiro atoms. The molecule has 0 aromatic carbocycles. The number of aliphatic carboxylic acids is 1. The molecule has 0 aromatic rings. The average molecular weight is 275 g/mol. The SMILES string of the molecule is CN(C)C(=O)CCNC(=O)N1CSC[C@@H]1C(=O)O. The molecule has 0 unspecified atom stereocenters. The molecule has 0 radical (unpaired) electrons. The Bertz CT molecular complexity index is 348. The van der Waals surface area contributed by atoms with Crippen molar-refractivity contribution in [1.29, 1.82) is 0 Å². The first-order valence-corrected chi connectivity index (χ1v) is 6.64. The molecule has 7 nitrogen and oxygen atoms in total. The molecule has 8 heteroatoms. The number of carbonyl (C=O) groups excluding carboxylic acids is 2. The topological polar surface area (TPSA) is 90.0 Å². The molecule has 18 heavy (non-hydrogen) atoms. The van der Waals surface area contributed by atoms with Crippen LogP contribution in [0.1, 0.15) is 6.42 Å². The number of rotatable bonds is 4. The lowest BCUT2D eigenvalue weighted by molar-refractivity contribution is -0.140. The van der Waals surface area contributed by atoms with Gasteiger partial charge in [-0.25, -0.2) is 9.59 Å². The van der Waals surface area contributed by atoms with Crippen LogP contribution >= 0.6 is 11.8 Å². The Balaban J connectivity index is 2.37. The van der Waals surface area contributed by atoms with Gasteiger partial charge in [0.25, 0.3) is 0 Å². The number of amides is 3. The van der Waals surface area contributed by atoms with Crippen LogP contribution in [0.2, 0.25) is 0 Å². The van der Waals surface area contributed by atoms with Gasteiger partial charge in [-0.1, -0.05) is 0 Å². The molecule has 1 aliphatic rings. The third kappa shape index (κ3) is 3.80. The first kappa shape index (κ1) is 14.6. The number of hydrogen-bond acceptors (Lipinski definition) is 4. The Kier molecular flexibility index (Phi) is 5.26. The second-order valence-electron chi connectivity index (χ2n) is 4.09. The second kappa shape index (κ2) is 6.48. The quantitative estimate of drug-likeness (QED) is 0.731. The summed E-state index contributed by atoms with van der Waals surface area (Å²) in [5.74, 6) is -0.315. The summed E-state index contributed by atoms with van der Waals surface area (Å²) < 4.78 is 0. The van der Waals surface area contributed by atoms with Crippen molar-refractivity contribution in [3.8, 4) is 0 Å². The molecule has 1 atom stereocenters. The Morgan fingerprint density at radius 3 is 2.67 bits per heavy atom. The smallest absolute Gasteiger partial charge is 0.327 e. The standard InChI is InChI=1S/C10H17N3O4S/c1-12(2)8(14)3-4-11-10(17)13-6-18-5-7(13)9(15)16/h7H,3-6H2,1-2H3,(H,11,17)(H,15,16)/t7-/m1/s1. The average Bonchev–Trinajstić information content (AvgIpc) is 2.77. The normalized spacial score (nSPS) is 18.6. The van der Waals surface area contributed by atoms with E-state index in [0.717, 1.165) is 0 Å². The van der Waals surface area contributed by atoms with E-state index in [-0.39, 0.29) is 18.9 Å². The van der Waals surface area contributed by atoms with Crippen molar-refractivity contribution in [3.63, 3.8) is 0 Å². The predicted molar refractivity (Wildman–Crippen MR) is 67.3 cm³/mol. The first-order valence-electron chi connectivity index (χ1n) is 5.48. The summed E-state index contributed by atoms with van der Waals surface area (Å²) in [6.07, 6.45) is 0.206. The maximum Gasteiger partial charge on any atom is 0.327 e. The van der Waals surface area contributed by atoms with Crippen molar-refractivity contribution in [2.75, 3.05) is 32.3 Å². The number of hydrogen-bond donors (Lipinski definition) is 2. The van der Waals surface area contributed by atoms with Crippen LogP contribution in [-0.4, -0.2) is 71.1 Å². The molecule has 0 aromatic heterocycles. The van der Waals surface area contributed by atoms with Crippen molar-refractivity contribution in [3.05, 3.63) is 0 Å². The highest BCUT2D eigenvalue weighted by molar-refractivity contribution is 7.99. The van der Waals surface area contributed by atoms with E-state index >= 15 is 0 Å². The summed E-state index contributed by atoms with van der Waals surface area (Å²) in [7, 11) is 3.28. The summed E-state index contributed by atoms with van der Waals surface area (Å²) in [6, 6.07) is -1.21. The Labute approximate surface area is 109 Å². The summed E-state index contributed by atoms with van der Waals surface area (Å²) in [6.45, 7) is 0.212. The van der Waals surface area contributed by atoms with E-state index in [1.807, 2.05) is 0 Å². The minimum Gasteiger partial charge on any atom is -0.480 e. The maximum atomic E-state index is 11.7. The van der Waals surface area contributed by atoms with E-state index in [4.69, 9.17) is 5.11 Å². The van der Waals surface area contributed by atoms with Gasteiger partial charge in [0.1, 0.15) is 6.04 Å². The zero-order chi connectivity index (χ0) is 13.7. The molecular weight excluding hydrogens is 258 g/mol. The fourth-order valence-electron chi connectivity index (χ4n) is 1.45. The van der Waals surface area contributed by atoms with Gasteiger partial charge in [-0.05, 0) is 0 Å².